The van der Waals surface area contributed by atoms with Crippen LogP contribution in [0.5, 0.6) is 0 Å². The van der Waals surface area contributed by atoms with Crippen molar-refractivity contribution in [3.63, 3.8) is 0 Å². The Morgan fingerprint density at radius 2 is 1.27 bits per heavy atom. The van der Waals surface area contributed by atoms with Gasteiger partial charge in [0, 0.05) is 0 Å². The first-order valence-corrected chi connectivity index (χ1v) is 11.2. The molecule has 1 heterocycles. The Morgan fingerprint density at radius 1 is 0.577 bits per heavy atom. The summed E-state index contributed by atoms with van der Waals surface area (Å²) < 4.78 is 4.30. The standard InChI is InChI=1S/C24H16SSe/c1-2-11-18(12-3-1)26-24-21-14-6-7-16-22(21)25-23(24)20-15-8-10-17-9-4-5-13-19(17)20/h1-16H. The Labute approximate surface area is 163 Å². The number of hydrogen-bond donors (Lipinski definition) is 0. The minimum absolute atomic E-state index is 0.285. The molecule has 0 unspecified atom stereocenters. The molecule has 0 aliphatic rings. The van der Waals surface area contributed by atoms with Crippen LogP contribution in [0.1, 0.15) is 0 Å². The normalized spacial score (nSPS) is 11.2. The third kappa shape index (κ3) is 2.77. The average molecular weight is 415 g/mol. The summed E-state index contributed by atoms with van der Waals surface area (Å²) in [5.74, 6) is 0. The summed E-state index contributed by atoms with van der Waals surface area (Å²) in [5.41, 5.74) is 1.36. The Balaban J connectivity index is 1.78. The molecule has 5 aromatic rings. The van der Waals surface area contributed by atoms with Gasteiger partial charge in [-0.2, -0.15) is 0 Å². The van der Waals surface area contributed by atoms with Gasteiger partial charge in [-0.1, -0.05) is 0 Å². The Hall–Kier alpha value is -2.38. The number of hydrogen-bond acceptors (Lipinski definition) is 1. The van der Waals surface area contributed by atoms with Gasteiger partial charge in [-0.3, -0.25) is 0 Å². The molecule has 124 valence electrons. The summed E-state index contributed by atoms with van der Waals surface area (Å²) in [5, 5.41) is 4.05. The quantitative estimate of drug-likeness (QED) is 0.347. The molecule has 1 aromatic heterocycles. The Morgan fingerprint density at radius 3 is 2.15 bits per heavy atom. The number of rotatable bonds is 3. The van der Waals surface area contributed by atoms with Gasteiger partial charge in [-0.15, -0.1) is 0 Å². The second-order valence-corrected chi connectivity index (χ2v) is 9.52. The Kier molecular flexibility index (Phi) is 4.10. The van der Waals surface area contributed by atoms with Crippen LogP contribution in [-0.2, 0) is 0 Å². The van der Waals surface area contributed by atoms with Crippen molar-refractivity contribution in [2.24, 2.45) is 0 Å². The van der Waals surface area contributed by atoms with Gasteiger partial charge in [0.2, 0.25) is 0 Å². The molecule has 0 aliphatic carbocycles. The van der Waals surface area contributed by atoms with E-state index in [2.05, 4.69) is 97.1 Å². The fourth-order valence-corrected chi connectivity index (χ4v) is 7.23. The number of benzene rings is 4. The van der Waals surface area contributed by atoms with E-state index in [1.807, 2.05) is 11.3 Å². The van der Waals surface area contributed by atoms with Gasteiger partial charge in [-0.25, -0.2) is 0 Å². The van der Waals surface area contributed by atoms with E-state index in [0.29, 0.717) is 0 Å². The van der Waals surface area contributed by atoms with Gasteiger partial charge in [0.25, 0.3) is 0 Å². The molecule has 0 atom stereocenters. The van der Waals surface area contributed by atoms with E-state index in [1.54, 1.807) is 0 Å². The van der Waals surface area contributed by atoms with Crippen LogP contribution < -0.4 is 8.92 Å². The summed E-state index contributed by atoms with van der Waals surface area (Å²) >= 11 is 2.21. The molecule has 0 saturated carbocycles. The molecule has 26 heavy (non-hydrogen) atoms. The zero-order valence-corrected chi connectivity index (χ0v) is 16.6. The third-order valence-electron chi connectivity index (χ3n) is 4.55. The van der Waals surface area contributed by atoms with E-state index < -0.39 is 0 Å². The van der Waals surface area contributed by atoms with Crippen molar-refractivity contribution in [3.8, 4) is 10.4 Å². The van der Waals surface area contributed by atoms with Crippen LogP contribution in [0.3, 0.4) is 0 Å². The Bertz CT molecular complexity index is 1200. The van der Waals surface area contributed by atoms with Crippen LogP contribution in [0.2, 0.25) is 0 Å². The molecular formula is C24H16SSe. The van der Waals surface area contributed by atoms with E-state index in [-0.39, 0.29) is 15.0 Å². The van der Waals surface area contributed by atoms with Crippen LogP contribution in [0, 0.1) is 0 Å². The van der Waals surface area contributed by atoms with E-state index in [9.17, 15) is 0 Å². The first-order chi connectivity index (χ1) is 12.9. The van der Waals surface area contributed by atoms with Crippen LogP contribution >= 0.6 is 11.3 Å². The first kappa shape index (κ1) is 15.8. The van der Waals surface area contributed by atoms with Gasteiger partial charge >= 0.3 is 164 Å². The van der Waals surface area contributed by atoms with Crippen LogP contribution in [-0.4, -0.2) is 15.0 Å². The van der Waals surface area contributed by atoms with Gasteiger partial charge in [0.1, 0.15) is 0 Å². The molecule has 2 heteroatoms. The summed E-state index contributed by atoms with van der Waals surface area (Å²) in [6.45, 7) is 0. The fourth-order valence-electron chi connectivity index (χ4n) is 3.33. The van der Waals surface area contributed by atoms with Gasteiger partial charge < -0.3 is 0 Å². The number of thiophene rings is 1. The zero-order chi connectivity index (χ0) is 17.3. The zero-order valence-electron chi connectivity index (χ0n) is 14.1. The van der Waals surface area contributed by atoms with Crippen LogP contribution in [0.4, 0.5) is 0 Å². The predicted octanol–water partition coefficient (Wildman–Crippen LogP) is 5.38. The minimum atomic E-state index is 0.285. The molecular weight excluding hydrogens is 399 g/mol. The van der Waals surface area contributed by atoms with Crippen molar-refractivity contribution in [1.82, 2.24) is 0 Å². The SMILES string of the molecule is c1ccc([Se]c2c(-c3cccc4ccccc34)sc3ccccc23)cc1. The summed E-state index contributed by atoms with van der Waals surface area (Å²) in [7, 11) is 0. The maximum atomic E-state index is 2.28. The van der Waals surface area contributed by atoms with Crippen molar-refractivity contribution >= 4 is 56.1 Å². The molecule has 0 fully saturated rings. The molecule has 0 N–H and O–H groups in total. The topological polar surface area (TPSA) is 0 Å². The van der Waals surface area contributed by atoms with Crippen molar-refractivity contribution in [1.29, 1.82) is 0 Å². The summed E-state index contributed by atoms with van der Waals surface area (Å²) in [6, 6.07) is 35.1. The molecule has 0 bridgehead atoms. The monoisotopic (exact) mass is 416 g/mol. The van der Waals surface area contributed by atoms with Crippen molar-refractivity contribution < 1.29 is 0 Å². The molecule has 0 radical (unpaired) electrons. The molecule has 0 spiro atoms. The van der Waals surface area contributed by atoms with Gasteiger partial charge in [-0.05, 0) is 0 Å². The van der Waals surface area contributed by atoms with E-state index in [0.717, 1.165) is 0 Å². The van der Waals surface area contributed by atoms with Gasteiger partial charge in [0.15, 0.2) is 0 Å². The van der Waals surface area contributed by atoms with Gasteiger partial charge in [0.05, 0.1) is 0 Å². The van der Waals surface area contributed by atoms with E-state index in [4.69, 9.17) is 0 Å². The first-order valence-electron chi connectivity index (χ1n) is 8.63. The number of fused-ring (bicyclic) bond motifs is 2. The molecule has 4 aromatic carbocycles. The third-order valence-corrected chi connectivity index (χ3v) is 8.43. The molecule has 0 saturated heterocycles. The second-order valence-electron chi connectivity index (χ2n) is 6.20. The van der Waals surface area contributed by atoms with E-state index in [1.165, 1.54) is 40.2 Å². The van der Waals surface area contributed by atoms with Crippen LogP contribution in [0.15, 0.2) is 97.1 Å². The molecule has 5 rings (SSSR count). The second kappa shape index (κ2) is 6.74. The van der Waals surface area contributed by atoms with Crippen molar-refractivity contribution in [3.05, 3.63) is 97.1 Å². The van der Waals surface area contributed by atoms with Crippen molar-refractivity contribution in [2.45, 2.75) is 0 Å². The summed E-state index contributed by atoms with van der Waals surface area (Å²) in [6.07, 6.45) is 0. The van der Waals surface area contributed by atoms with E-state index >= 15 is 0 Å². The average Bonchev–Trinajstić information content (AvgIpc) is 3.07. The molecule has 0 aliphatic heterocycles. The maximum absolute atomic E-state index is 2.28. The van der Waals surface area contributed by atoms with Crippen LogP contribution in [0.25, 0.3) is 31.3 Å². The summed E-state index contributed by atoms with van der Waals surface area (Å²) in [4.78, 5) is 1.42. The fraction of sp³-hybridized carbons (Fsp3) is 0. The predicted molar refractivity (Wildman–Crippen MR) is 116 cm³/mol. The molecule has 0 nitrogen and oxygen atoms in total. The van der Waals surface area contributed by atoms with Crippen molar-refractivity contribution in [2.75, 3.05) is 0 Å². The molecule has 0 amide bonds.